The second-order valence-electron chi connectivity index (χ2n) is 2.51. The molecule has 0 fully saturated rings. The molecule has 0 unspecified atom stereocenters. The number of hydrogen-bond acceptors (Lipinski definition) is 3. The van der Waals surface area contributed by atoms with Crippen LogP contribution in [0.4, 0.5) is 5.82 Å². The van der Waals surface area contributed by atoms with E-state index in [4.69, 9.17) is 10.5 Å². The third-order valence-corrected chi connectivity index (χ3v) is 1.72. The molecule has 0 aliphatic heterocycles. The molecule has 4 heteroatoms. The molecule has 2 N–H and O–H groups in total. The Kier molecular flexibility index (Phi) is 3.10. The molecule has 0 spiro atoms. The average molecular weight is 169 g/mol. The highest BCUT2D eigenvalue weighted by Gasteiger charge is 2.04. The predicted molar refractivity (Wildman–Crippen MR) is 47.6 cm³/mol. The minimum atomic E-state index is 0.558. The lowest BCUT2D eigenvalue weighted by molar-refractivity contribution is 0.134. The third kappa shape index (κ3) is 1.76. The molecule has 0 amide bonds. The van der Waals surface area contributed by atoms with Crippen molar-refractivity contribution in [1.82, 2.24) is 9.78 Å². The zero-order valence-electron chi connectivity index (χ0n) is 7.58. The minimum Gasteiger partial charge on any atom is -0.384 e. The molecule has 0 bridgehead atoms. The maximum Gasteiger partial charge on any atom is 0.127 e. The maximum absolute atomic E-state index is 5.78. The van der Waals surface area contributed by atoms with Gasteiger partial charge in [-0.25, -0.2) is 0 Å². The molecule has 0 aromatic carbocycles. The smallest absolute Gasteiger partial charge is 0.127 e. The zero-order chi connectivity index (χ0) is 8.97. The van der Waals surface area contributed by atoms with Crippen LogP contribution < -0.4 is 5.73 Å². The van der Waals surface area contributed by atoms with Crippen molar-refractivity contribution in [2.45, 2.75) is 27.0 Å². The number of hydrogen-bond donors (Lipinski definition) is 1. The highest BCUT2D eigenvalue weighted by molar-refractivity contribution is 5.37. The summed E-state index contributed by atoms with van der Waals surface area (Å²) in [5.41, 5.74) is 6.75. The molecule has 0 aliphatic rings. The summed E-state index contributed by atoms with van der Waals surface area (Å²) in [5, 5.41) is 4.10. The van der Waals surface area contributed by atoms with E-state index in [9.17, 15) is 0 Å². The second kappa shape index (κ2) is 4.11. The summed E-state index contributed by atoms with van der Waals surface area (Å²) in [6.07, 6.45) is 1.76. The van der Waals surface area contributed by atoms with Gasteiger partial charge in [-0.05, 0) is 13.8 Å². The number of anilines is 1. The first kappa shape index (κ1) is 9.06. The van der Waals surface area contributed by atoms with Crippen molar-refractivity contribution >= 4 is 5.82 Å². The number of ether oxygens (including phenoxy) is 1. The van der Waals surface area contributed by atoms with Crippen molar-refractivity contribution < 1.29 is 4.74 Å². The molecule has 1 aromatic heterocycles. The Hall–Kier alpha value is -1.03. The lowest BCUT2D eigenvalue weighted by Crippen LogP contribution is -2.03. The number of aromatic nitrogens is 2. The maximum atomic E-state index is 5.78. The van der Waals surface area contributed by atoms with Gasteiger partial charge in [0.2, 0.25) is 0 Å². The number of nitrogens with zero attached hydrogens (tertiary/aromatic N) is 2. The van der Waals surface area contributed by atoms with Crippen LogP contribution >= 0.6 is 0 Å². The van der Waals surface area contributed by atoms with E-state index in [0.29, 0.717) is 19.0 Å². The molecular formula is C8H15N3O. The summed E-state index contributed by atoms with van der Waals surface area (Å²) in [6.45, 7) is 6.03. The van der Waals surface area contributed by atoms with Crippen molar-refractivity contribution in [3.05, 3.63) is 11.8 Å². The van der Waals surface area contributed by atoms with Crippen LogP contribution in [0.25, 0.3) is 0 Å². The third-order valence-electron chi connectivity index (χ3n) is 1.72. The first-order valence-corrected chi connectivity index (χ1v) is 4.17. The van der Waals surface area contributed by atoms with Crippen LogP contribution in [-0.4, -0.2) is 16.4 Å². The van der Waals surface area contributed by atoms with Crippen molar-refractivity contribution in [1.29, 1.82) is 0 Å². The quantitative estimate of drug-likeness (QED) is 0.732. The first-order chi connectivity index (χ1) is 5.79. The van der Waals surface area contributed by atoms with Crippen LogP contribution in [0.2, 0.25) is 0 Å². The lowest BCUT2D eigenvalue weighted by atomic mass is 10.3. The lowest BCUT2D eigenvalue weighted by Gasteiger charge is -2.01. The summed E-state index contributed by atoms with van der Waals surface area (Å²) >= 11 is 0. The van der Waals surface area contributed by atoms with Gasteiger partial charge in [0.05, 0.1) is 12.8 Å². The van der Waals surface area contributed by atoms with Gasteiger partial charge in [-0.2, -0.15) is 5.10 Å². The highest BCUT2D eigenvalue weighted by atomic mass is 16.5. The van der Waals surface area contributed by atoms with Gasteiger partial charge in [-0.15, -0.1) is 0 Å². The summed E-state index contributed by atoms with van der Waals surface area (Å²) in [6, 6.07) is 0. The van der Waals surface area contributed by atoms with E-state index >= 15 is 0 Å². The molecule has 0 saturated heterocycles. The summed E-state index contributed by atoms with van der Waals surface area (Å²) in [7, 11) is 0. The molecule has 0 radical (unpaired) electrons. The van der Waals surface area contributed by atoms with Crippen molar-refractivity contribution in [2.24, 2.45) is 0 Å². The van der Waals surface area contributed by atoms with Gasteiger partial charge in [-0.3, -0.25) is 4.68 Å². The fourth-order valence-electron chi connectivity index (χ4n) is 1.01. The van der Waals surface area contributed by atoms with Crippen LogP contribution in [0.15, 0.2) is 6.20 Å². The predicted octanol–water partition coefficient (Wildman–Crippen LogP) is 1.02. The molecule has 68 valence electrons. The van der Waals surface area contributed by atoms with Crippen LogP contribution in [0.1, 0.15) is 19.4 Å². The van der Waals surface area contributed by atoms with E-state index in [1.807, 2.05) is 13.8 Å². The molecule has 0 saturated carbocycles. The Morgan fingerprint density at radius 1 is 1.58 bits per heavy atom. The van der Waals surface area contributed by atoms with E-state index in [0.717, 1.165) is 12.1 Å². The van der Waals surface area contributed by atoms with Crippen LogP contribution in [-0.2, 0) is 17.9 Å². The summed E-state index contributed by atoms with van der Waals surface area (Å²) in [5.74, 6) is 0.714. The normalized spacial score (nSPS) is 10.5. The van der Waals surface area contributed by atoms with E-state index in [1.165, 1.54) is 0 Å². The number of aryl methyl sites for hydroxylation is 1. The Labute approximate surface area is 72.3 Å². The highest BCUT2D eigenvalue weighted by Crippen LogP contribution is 2.11. The SMILES string of the molecule is CCOCc1cnn(CC)c1N. The molecule has 12 heavy (non-hydrogen) atoms. The molecule has 0 atom stereocenters. The van der Waals surface area contributed by atoms with Crippen molar-refractivity contribution in [2.75, 3.05) is 12.3 Å². The van der Waals surface area contributed by atoms with Gasteiger partial charge in [0.1, 0.15) is 5.82 Å². The van der Waals surface area contributed by atoms with Crippen molar-refractivity contribution in [3.8, 4) is 0 Å². The molecule has 4 nitrogen and oxygen atoms in total. The topological polar surface area (TPSA) is 53.1 Å². The Morgan fingerprint density at radius 3 is 2.83 bits per heavy atom. The van der Waals surface area contributed by atoms with Crippen molar-refractivity contribution in [3.63, 3.8) is 0 Å². The van der Waals surface area contributed by atoms with Gasteiger partial charge in [-0.1, -0.05) is 0 Å². The van der Waals surface area contributed by atoms with Gasteiger partial charge >= 0.3 is 0 Å². The minimum absolute atomic E-state index is 0.558. The molecule has 1 rings (SSSR count). The molecule has 1 aromatic rings. The molecular weight excluding hydrogens is 154 g/mol. The fourth-order valence-corrected chi connectivity index (χ4v) is 1.01. The summed E-state index contributed by atoms with van der Waals surface area (Å²) in [4.78, 5) is 0. The standard InChI is InChI=1S/C8H15N3O/c1-3-11-8(9)7(5-10-11)6-12-4-2/h5H,3-4,6,9H2,1-2H3. The first-order valence-electron chi connectivity index (χ1n) is 4.17. The number of nitrogen functional groups attached to an aromatic ring is 1. The van der Waals surface area contributed by atoms with E-state index < -0.39 is 0 Å². The van der Waals surface area contributed by atoms with Gasteiger partial charge in [0.25, 0.3) is 0 Å². The zero-order valence-corrected chi connectivity index (χ0v) is 7.58. The largest absolute Gasteiger partial charge is 0.384 e. The van der Waals surface area contributed by atoms with Crippen LogP contribution in [0, 0.1) is 0 Å². The van der Waals surface area contributed by atoms with Crippen LogP contribution in [0.3, 0.4) is 0 Å². The average Bonchev–Trinajstić information content (AvgIpc) is 2.43. The fraction of sp³-hybridized carbons (Fsp3) is 0.625. The Morgan fingerprint density at radius 2 is 2.33 bits per heavy atom. The summed E-state index contributed by atoms with van der Waals surface area (Å²) < 4.78 is 6.98. The second-order valence-corrected chi connectivity index (χ2v) is 2.51. The molecule has 0 aliphatic carbocycles. The monoisotopic (exact) mass is 169 g/mol. The van der Waals surface area contributed by atoms with E-state index in [1.54, 1.807) is 10.9 Å². The number of nitrogens with two attached hydrogens (primary N) is 1. The van der Waals surface area contributed by atoms with Gasteiger partial charge in [0.15, 0.2) is 0 Å². The van der Waals surface area contributed by atoms with Gasteiger partial charge < -0.3 is 10.5 Å². The molecule has 1 heterocycles. The van der Waals surface area contributed by atoms with E-state index in [-0.39, 0.29) is 0 Å². The Bertz CT molecular complexity index is 244. The van der Waals surface area contributed by atoms with Gasteiger partial charge in [0, 0.05) is 18.7 Å². The van der Waals surface area contributed by atoms with E-state index in [2.05, 4.69) is 5.10 Å². The van der Waals surface area contributed by atoms with Crippen LogP contribution in [0.5, 0.6) is 0 Å². The Balaban J connectivity index is 2.66. The number of rotatable bonds is 4.